The molecule has 166 valence electrons. The molecule has 0 spiro atoms. The predicted octanol–water partition coefficient (Wildman–Crippen LogP) is 3.38. The summed E-state index contributed by atoms with van der Waals surface area (Å²) in [5.41, 5.74) is 1.22. The second kappa shape index (κ2) is 11.0. The Morgan fingerprint density at radius 1 is 1.07 bits per heavy atom. The van der Waals surface area contributed by atoms with E-state index in [2.05, 4.69) is 29.8 Å². The van der Waals surface area contributed by atoms with E-state index in [1.165, 1.54) is 6.42 Å². The average Bonchev–Trinajstić information content (AvgIpc) is 2.69. The Bertz CT molecular complexity index is 732. The third kappa shape index (κ3) is 7.04. The molecule has 0 aromatic heterocycles. The van der Waals surface area contributed by atoms with E-state index >= 15 is 0 Å². The highest BCUT2D eigenvalue weighted by atomic mass is 16.5. The van der Waals surface area contributed by atoms with Gasteiger partial charge in [-0.15, -0.1) is 0 Å². The maximum Gasteiger partial charge on any atom is 0.338 e. The lowest BCUT2D eigenvalue weighted by molar-refractivity contribution is -0.130. The molecule has 1 aromatic carbocycles. The molecule has 0 saturated heterocycles. The van der Waals surface area contributed by atoms with Crippen molar-refractivity contribution in [2.24, 2.45) is 11.8 Å². The minimum Gasteiger partial charge on any atom is -0.449 e. The number of benzene rings is 1. The predicted molar refractivity (Wildman–Crippen MR) is 116 cm³/mol. The molecule has 1 aromatic rings. The maximum atomic E-state index is 12.5. The minimum absolute atomic E-state index is 0.0612. The fourth-order valence-electron chi connectivity index (χ4n) is 3.62. The van der Waals surface area contributed by atoms with Gasteiger partial charge in [0.1, 0.15) is 0 Å². The van der Waals surface area contributed by atoms with Gasteiger partial charge in [0.15, 0.2) is 6.10 Å². The number of ether oxygens (including phenoxy) is 1. The van der Waals surface area contributed by atoms with E-state index in [9.17, 15) is 14.4 Å². The first-order valence-electron chi connectivity index (χ1n) is 10.8. The zero-order valence-electron chi connectivity index (χ0n) is 18.7. The third-order valence-electron chi connectivity index (χ3n) is 5.75. The molecule has 0 bridgehead atoms. The number of amides is 3. The Morgan fingerprint density at radius 2 is 1.73 bits per heavy atom. The van der Waals surface area contributed by atoms with E-state index in [1.807, 2.05) is 13.8 Å². The van der Waals surface area contributed by atoms with Crippen LogP contribution in [0.15, 0.2) is 24.3 Å². The van der Waals surface area contributed by atoms with Gasteiger partial charge in [0, 0.05) is 18.6 Å². The van der Waals surface area contributed by atoms with Gasteiger partial charge >= 0.3 is 12.0 Å². The van der Waals surface area contributed by atoms with Crippen LogP contribution in [-0.2, 0) is 16.1 Å². The number of urea groups is 1. The molecule has 4 atom stereocenters. The highest BCUT2D eigenvalue weighted by Gasteiger charge is 2.30. The molecule has 3 N–H and O–H groups in total. The summed E-state index contributed by atoms with van der Waals surface area (Å²) in [5.74, 6) is 0.187. The van der Waals surface area contributed by atoms with Gasteiger partial charge in [-0.25, -0.2) is 9.59 Å². The van der Waals surface area contributed by atoms with Crippen LogP contribution in [0.1, 0.15) is 69.8 Å². The Morgan fingerprint density at radius 3 is 2.37 bits per heavy atom. The van der Waals surface area contributed by atoms with Gasteiger partial charge in [0.2, 0.25) is 0 Å². The van der Waals surface area contributed by atoms with Crippen LogP contribution < -0.4 is 16.0 Å². The number of hydrogen-bond acceptors (Lipinski definition) is 4. The minimum atomic E-state index is -0.858. The molecule has 1 aliphatic rings. The Kier molecular flexibility index (Phi) is 8.69. The number of esters is 1. The zero-order chi connectivity index (χ0) is 22.3. The van der Waals surface area contributed by atoms with Crippen LogP contribution >= 0.6 is 0 Å². The molecule has 0 radical (unpaired) electrons. The lowest BCUT2D eigenvalue weighted by atomic mass is 9.78. The fraction of sp³-hybridized carbons (Fsp3) is 0.609. The van der Waals surface area contributed by atoms with Crippen LogP contribution in [0.3, 0.4) is 0 Å². The van der Waals surface area contributed by atoms with E-state index in [1.54, 1.807) is 31.2 Å². The highest BCUT2D eigenvalue weighted by molar-refractivity contribution is 5.92. The molecule has 1 aliphatic carbocycles. The van der Waals surface area contributed by atoms with Crippen molar-refractivity contribution in [1.82, 2.24) is 16.0 Å². The molecule has 0 unspecified atom stereocenters. The topological polar surface area (TPSA) is 96.5 Å². The first kappa shape index (κ1) is 23.7. The van der Waals surface area contributed by atoms with E-state index in [-0.39, 0.29) is 24.0 Å². The maximum absolute atomic E-state index is 12.5. The monoisotopic (exact) mass is 417 g/mol. The lowest BCUT2D eigenvalue weighted by Crippen LogP contribution is -2.47. The van der Waals surface area contributed by atoms with Gasteiger partial charge < -0.3 is 20.7 Å². The van der Waals surface area contributed by atoms with E-state index in [0.29, 0.717) is 23.9 Å². The van der Waals surface area contributed by atoms with Gasteiger partial charge in [-0.05, 0) is 56.7 Å². The van der Waals surface area contributed by atoms with Crippen LogP contribution in [0.4, 0.5) is 4.79 Å². The normalized spacial score (nSPS) is 22.1. The first-order chi connectivity index (χ1) is 14.2. The van der Waals surface area contributed by atoms with Crippen LogP contribution in [0.25, 0.3) is 0 Å². The van der Waals surface area contributed by atoms with Gasteiger partial charge in [-0.1, -0.05) is 38.8 Å². The largest absolute Gasteiger partial charge is 0.449 e. The van der Waals surface area contributed by atoms with Crippen LogP contribution in [0, 0.1) is 11.8 Å². The Hall–Kier alpha value is -2.57. The van der Waals surface area contributed by atoms with Crippen molar-refractivity contribution in [2.45, 2.75) is 78.6 Å². The second-order valence-corrected chi connectivity index (χ2v) is 8.61. The van der Waals surface area contributed by atoms with Crippen molar-refractivity contribution in [2.75, 3.05) is 0 Å². The van der Waals surface area contributed by atoms with Crippen molar-refractivity contribution in [3.8, 4) is 0 Å². The van der Waals surface area contributed by atoms with Gasteiger partial charge in [-0.3, -0.25) is 4.79 Å². The van der Waals surface area contributed by atoms with Crippen molar-refractivity contribution in [3.05, 3.63) is 35.4 Å². The molecule has 0 aliphatic heterocycles. The number of nitrogens with one attached hydrogen (secondary N) is 3. The molecule has 7 heteroatoms. The SMILES string of the molecule is CC(C)NC(=O)NCc1ccc(C(=O)O[C@H](C)C(=O)N[C@H]2CCC[C@H](C)[C@H]2C)cc1. The summed E-state index contributed by atoms with van der Waals surface area (Å²) in [4.78, 5) is 36.5. The van der Waals surface area contributed by atoms with Crippen LogP contribution in [0.5, 0.6) is 0 Å². The standard InChI is InChI=1S/C23H35N3O4/c1-14(2)25-23(29)24-13-18-9-11-19(12-10-18)22(28)30-17(5)21(27)26-20-8-6-7-15(3)16(20)4/h9-12,14-17,20H,6-8,13H2,1-5H3,(H,26,27)(H2,24,25,29)/t15-,16+,17+,20-/m0/s1. The molecule has 1 fully saturated rings. The summed E-state index contributed by atoms with van der Waals surface area (Å²) < 4.78 is 5.35. The molecular weight excluding hydrogens is 382 g/mol. The summed E-state index contributed by atoms with van der Waals surface area (Å²) in [7, 11) is 0. The van der Waals surface area contributed by atoms with Crippen molar-refractivity contribution < 1.29 is 19.1 Å². The molecule has 1 saturated carbocycles. The lowest BCUT2D eigenvalue weighted by Gasteiger charge is -2.35. The zero-order valence-corrected chi connectivity index (χ0v) is 18.7. The Labute approximate surface area is 179 Å². The van der Waals surface area contributed by atoms with Crippen molar-refractivity contribution in [3.63, 3.8) is 0 Å². The number of hydrogen-bond donors (Lipinski definition) is 3. The number of rotatable bonds is 7. The van der Waals surface area contributed by atoms with Crippen molar-refractivity contribution >= 4 is 17.9 Å². The van der Waals surface area contributed by atoms with Crippen molar-refractivity contribution in [1.29, 1.82) is 0 Å². The molecule has 3 amide bonds. The summed E-state index contributed by atoms with van der Waals surface area (Å²) >= 11 is 0. The number of carbonyl (C=O) groups excluding carboxylic acids is 3. The van der Waals surface area contributed by atoms with E-state index in [0.717, 1.165) is 18.4 Å². The molecular formula is C23H35N3O4. The van der Waals surface area contributed by atoms with Crippen LogP contribution in [-0.4, -0.2) is 36.1 Å². The quantitative estimate of drug-likeness (QED) is 0.593. The molecule has 7 nitrogen and oxygen atoms in total. The van der Waals surface area contributed by atoms with Crippen LogP contribution in [0.2, 0.25) is 0 Å². The van der Waals surface area contributed by atoms with E-state index in [4.69, 9.17) is 4.74 Å². The summed E-state index contributed by atoms with van der Waals surface area (Å²) in [6.07, 6.45) is 2.39. The average molecular weight is 418 g/mol. The number of carbonyl (C=O) groups is 3. The Balaban J connectivity index is 1.83. The third-order valence-corrected chi connectivity index (χ3v) is 5.75. The highest BCUT2D eigenvalue weighted by Crippen LogP contribution is 2.29. The molecule has 30 heavy (non-hydrogen) atoms. The molecule has 2 rings (SSSR count). The fourth-order valence-corrected chi connectivity index (χ4v) is 3.62. The smallest absolute Gasteiger partial charge is 0.338 e. The first-order valence-corrected chi connectivity index (χ1v) is 10.8. The van der Waals surface area contributed by atoms with Gasteiger partial charge in [0.25, 0.3) is 5.91 Å². The summed E-state index contributed by atoms with van der Waals surface area (Å²) in [6.45, 7) is 10.1. The summed E-state index contributed by atoms with van der Waals surface area (Å²) in [5, 5.41) is 8.54. The van der Waals surface area contributed by atoms with E-state index < -0.39 is 12.1 Å². The molecule has 0 heterocycles. The van der Waals surface area contributed by atoms with Gasteiger partial charge in [0.05, 0.1) is 5.56 Å². The second-order valence-electron chi connectivity index (χ2n) is 8.61. The summed E-state index contributed by atoms with van der Waals surface area (Å²) in [6, 6.07) is 6.72. The van der Waals surface area contributed by atoms with Gasteiger partial charge in [-0.2, -0.15) is 0 Å².